The van der Waals surface area contributed by atoms with Crippen LogP contribution in [-0.4, -0.2) is 43.2 Å². The van der Waals surface area contributed by atoms with E-state index in [0.717, 1.165) is 31.3 Å². The van der Waals surface area contributed by atoms with Gasteiger partial charge in [-0.3, -0.25) is 0 Å². The fourth-order valence-corrected chi connectivity index (χ4v) is 1.83. The Morgan fingerprint density at radius 3 is 2.70 bits per heavy atom. The SMILES string of the molecule is [2H]C([2H])([2H])Oc1ccc([C@@]([2H])(CN(C)C([2H])([2H])[2H])C2(O)C([2H])([2H])C([2H])([2H])C([2H])([2H])C([2H])([2H])C2([2H])[2H])cc1. The van der Waals surface area contributed by atoms with Gasteiger partial charge in [0.2, 0.25) is 0 Å². The molecule has 0 aromatic heterocycles. The minimum absolute atomic E-state index is 0.293. The molecule has 0 bridgehead atoms. The molecule has 0 aliphatic heterocycles. The van der Waals surface area contributed by atoms with Crippen LogP contribution >= 0.6 is 0 Å². The number of ether oxygens (including phenoxy) is 1. The standard InChI is InChI=1S/C17H27NO2/c1-18(2)13-16(17(19)11-5-4-6-12-17)14-7-9-15(20-3)10-8-14/h7-10,16,19H,4-6,11-13H2,1-3H3/t16-/m1/s1/i1D3,3D3,4D2,5D2,6D2,11D2,12D2,16D. The predicted molar refractivity (Wildman–Crippen MR) is 82.3 cm³/mol. The molecule has 3 heteroatoms. The van der Waals surface area contributed by atoms with E-state index in [1.165, 1.54) is 0 Å². The summed E-state index contributed by atoms with van der Waals surface area (Å²) in [7, 11) is -1.96. The summed E-state index contributed by atoms with van der Waals surface area (Å²) < 4.78 is 141. The van der Waals surface area contributed by atoms with Crippen LogP contribution in [0.2, 0.25) is 0 Å². The summed E-state index contributed by atoms with van der Waals surface area (Å²) in [4.78, 5) is 0.464. The lowest BCUT2D eigenvalue weighted by Crippen LogP contribution is -2.42. The Hall–Kier alpha value is -1.06. The molecule has 1 aliphatic rings. The van der Waals surface area contributed by atoms with Gasteiger partial charge in [0.15, 0.2) is 0 Å². The lowest BCUT2D eigenvalue weighted by atomic mass is 9.72. The van der Waals surface area contributed by atoms with Gasteiger partial charge < -0.3 is 14.7 Å². The lowest BCUT2D eigenvalue weighted by Gasteiger charge is -2.40. The summed E-state index contributed by atoms with van der Waals surface area (Å²) in [6.07, 6.45) is -19.8. The van der Waals surface area contributed by atoms with Crippen molar-refractivity contribution in [3.8, 4) is 5.75 Å². The smallest absolute Gasteiger partial charge is 0.118 e. The lowest BCUT2D eigenvalue weighted by molar-refractivity contribution is -0.0277. The van der Waals surface area contributed by atoms with Crippen LogP contribution in [0.15, 0.2) is 24.3 Å². The summed E-state index contributed by atoms with van der Waals surface area (Å²) in [6, 6.07) is 3.72. The van der Waals surface area contributed by atoms with Crippen LogP contribution in [-0.2, 0) is 0 Å². The molecule has 0 saturated heterocycles. The van der Waals surface area contributed by atoms with Crippen LogP contribution in [0.25, 0.3) is 0 Å². The van der Waals surface area contributed by atoms with Crippen molar-refractivity contribution in [3.63, 3.8) is 0 Å². The Morgan fingerprint density at radius 1 is 1.40 bits per heavy atom. The highest BCUT2D eigenvalue weighted by atomic mass is 16.5. The van der Waals surface area contributed by atoms with E-state index in [1.54, 1.807) is 0 Å². The first kappa shape index (κ1) is 4.47. The average Bonchev–Trinajstić information content (AvgIpc) is 2.69. The minimum Gasteiger partial charge on any atom is -0.497 e. The first-order chi connectivity index (χ1) is 16.1. The molecule has 1 aromatic carbocycles. The molecule has 1 saturated carbocycles. The van der Waals surface area contributed by atoms with E-state index in [-0.39, 0.29) is 5.75 Å². The van der Waals surface area contributed by atoms with Gasteiger partial charge in [0.25, 0.3) is 0 Å². The molecule has 0 amide bonds. The molecule has 20 heavy (non-hydrogen) atoms. The highest BCUT2D eigenvalue weighted by Crippen LogP contribution is 2.40. The molecule has 0 heterocycles. The number of nitrogens with zero attached hydrogens (tertiary/aromatic N) is 1. The van der Waals surface area contributed by atoms with Gasteiger partial charge in [-0.1, -0.05) is 31.3 Å². The van der Waals surface area contributed by atoms with Gasteiger partial charge in [0.05, 0.1) is 16.8 Å². The first-order valence-electron chi connectivity index (χ1n) is 14.3. The molecule has 1 N–H and O–H groups in total. The Bertz CT molecular complexity index is 971. The molecule has 1 fully saturated rings. The Morgan fingerprint density at radius 2 is 2.10 bits per heavy atom. The Labute approximate surface area is 146 Å². The zero-order valence-corrected chi connectivity index (χ0v) is 10.8. The van der Waals surface area contributed by atoms with E-state index in [9.17, 15) is 6.48 Å². The normalized spacial score (nSPS) is 47.9. The van der Waals surface area contributed by atoms with Gasteiger partial charge in [-0.25, -0.2) is 0 Å². The van der Waals surface area contributed by atoms with Crippen LogP contribution < -0.4 is 4.74 Å². The van der Waals surface area contributed by atoms with Crippen molar-refractivity contribution in [3.05, 3.63) is 29.8 Å². The van der Waals surface area contributed by atoms with Crippen LogP contribution in [0.1, 0.15) is 66.6 Å². The average molecular weight is 295 g/mol. The molecule has 1 aromatic rings. The topological polar surface area (TPSA) is 32.7 Å². The number of hydrogen-bond acceptors (Lipinski definition) is 3. The fourth-order valence-electron chi connectivity index (χ4n) is 1.83. The second-order valence-electron chi connectivity index (χ2n) is 4.30. The highest BCUT2D eigenvalue weighted by molar-refractivity contribution is 5.31. The van der Waals surface area contributed by atoms with E-state index in [0.29, 0.717) is 4.90 Å². The monoisotopic (exact) mass is 294 g/mol. The van der Waals surface area contributed by atoms with Crippen molar-refractivity contribution in [1.82, 2.24) is 4.90 Å². The summed E-state index contributed by atoms with van der Waals surface area (Å²) in [5.74, 6) is -3.52. The van der Waals surface area contributed by atoms with E-state index in [2.05, 4.69) is 0 Å². The first-order valence-corrected chi connectivity index (χ1v) is 5.79. The van der Waals surface area contributed by atoms with Crippen molar-refractivity contribution in [2.24, 2.45) is 0 Å². The van der Waals surface area contributed by atoms with Gasteiger partial charge in [-0.15, -0.1) is 0 Å². The zero-order valence-electron chi connectivity index (χ0n) is 27.8. The third-order valence-electron chi connectivity index (χ3n) is 2.76. The highest BCUT2D eigenvalue weighted by Gasteiger charge is 2.38. The molecule has 1 aliphatic carbocycles. The van der Waals surface area contributed by atoms with Crippen molar-refractivity contribution < 1.29 is 33.1 Å². The number of aliphatic hydroxyl groups is 1. The molecular formula is C17H27NO2. The van der Waals surface area contributed by atoms with Gasteiger partial charge in [-0.05, 0) is 44.5 Å². The maximum Gasteiger partial charge on any atom is 0.118 e. The maximum atomic E-state index is 11.9. The van der Waals surface area contributed by atoms with Crippen molar-refractivity contribution in [2.45, 2.75) is 43.4 Å². The summed E-state index contributed by atoms with van der Waals surface area (Å²) in [5, 5.41) is 11.9. The molecule has 0 spiro atoms. The van der Waals surface area contributed by atoms with Crippen molar-refractivity contribution >= 4 is 0 Å². The van der Waals surface area contributed by atoms with Gasteiger partial charge in [0.1, 0.15) is 5.75 Å². The Balaban J connectivity index is 2.96. The largest absolute Gasteiger partial charge is 0.497 e. The van der Waals surface area contributed by atoms with Crippen molar-refractivity contribution in [1.29, 1.82) is 0 Å². The molecule has 2 rings (SSSR count). The number of rotatable bonds is 5. The number of hydrogen-bond donors (Lipinski definition) is 1. The van der Waals surface area contributed by atoms with Crippen LogP contribution in [0.4, 0.5) is 0 Å². The third-order valence-corrected chi connectivity index (χ3v) is 2.76. The molecule has 0 unspecified atom stereocenters. The predicted octanol–water partition coefficient (Wildman–Crippen LogP) is 3.04. The van der Waals surface area contributed by atoms with E-state index in [4.69, 9.17) is 26.7 Å². The van der Waals surface area contributed by atoms with Gasteiger partial charge in [-0.2, -0.15) is 0 Å². The summed E-state index contributed by atoms with van der Waals surface area (Å²) >= 11 is 0. The minimum atomic E-state index is -4.07. The number of methoxy groups -OCH3 is 1. The van der Waals surface area contributed by atoms with Crippen LogP contribution in [0.5, 0.6) is 5.75 Å². The fraction of sp³-hybridized carbons (Fsp3) is 0.647. The number of benzene rings is 1. The van der Waals surface area contributed by atoms with Crippen LogP contribution in [0.3, 0.4) is 0 Å². The zero-order chi connectivity index (χ0) is 29.5. The van der Waals surface area contributed by atoms with Crippen molar-refractivity contribution in [2.75, 3.05) is 27.6 Å². The molecule has 112 valence electrons. The molecule has 0 radical (unpaired) electrons. The quantitative estimate of drug-likeness (QED) is 0.906. The van der Waals surface area contributed by atoms with Gasteiger partial charge in [0, 0.05) is 31.6 Å². The van der Waals surface area contributed by atoms with Gasteiger partial charge >= 0.3 is 0 Å². The van der Waals surface area contributed by atoms with E-state index < -0.39 is 69.5 Å². The Kier molecular flexibility index (Phi) is 1.47. The second-order valence-corrected chi connectivity index (χ2v) is 4.30. The summed E-state index contributed by atoms with van der Waals surface area (Å²) in [6.45, 7) is -4.21. The van der Waals surface area contributed by atoms with Crippen LogP contribution in [0, 0.1) is 0 Å². The third kappa shape index (κ3) is 3.53. The molecule has 1 atom stereocenters. The number of likely N-dealkylation sites (N-methyl/N-ethyl adjacent to an activating group) is 1. The molecule has 3 nitrogen and oxygen atoms in total. The maximum absolute atomic E-state index is 11.9. The molecular weight excluding hydrogens is 250 g/mol. The summed E-state index contributed by atoms with van der Waals surface area (Å²) in [5.41, 5.74) is -4.62. The van der Waals surface area contributed by atoms with E-state index in [1.807, 2.05) is 0 Å². The second kappa shape index (κ2) is 6.59. The van der Waals surface area contributed by atoms with E-state index >= 15 is 0 Å².